The fourth-order valence-corrected chi connectivity index (χ4v) is 7.96. The zero-order valence-corrected chi connectivity index (χ0v) is 23.5. The molecule has 196 valence electrons. The number of aromatic nitrogens is 2. The Morgan fingerprint density at radius 2 is 1.34 bits per heavy atom. The lowest BCUT2D eigenvalue weighted by Gasteiger charge is -2.26. The minimum Gasteiger partial charge on any atom is -0.304 e. The van der Waals surface area contributed by atoms with Crippen molar-refractivity contribution in [2.45, 2.75) is 29.1 Å². The highest BCUT2D eigenvalue weighted by Gasteiger charge is 2.39. The van der Waals surface area contributed by atoms with E-state index >= 15 is 0 Å². The zero-order chi connectivity index (χ0) is 26.5. The Balaban J connectivity index is 1.46. The Morgan fingerprint density at radius 1 is 0.684 bits per heavy atom. The van der Waals surface area contributed by atoms with Crippen molar-refractivity contribution in [3.05, 3.63) is 77.3 Å². The van der Waals surface area contributed by atoms with Crippen molar-refractivity contribution in [3.63, 3.8) is 0 Å². The molecule has 1 aromatic heterocycles. The molecule has 2 aliphatic rings. The summed E-state index contributed by atoms with van der Waals surface area (Å²) in [6.07, 6.45) is 2.69. The molecule has 0 bridgehead atoms. The summed E-state index contributed by atoms with van der Waals surface area (Å²) in [6, 6.07) is 20.2. The van der Waals surface area contributed by atoms with Crippen LogP contribution in [0.5, 0.6) is 0 Å². The van der Waals surface area contributed by atoms with Gasteiger partial charge in [-0.25, -0.2) is 31.1 Å². The summed E-state index contributed by atoms with van der Waals surface area (Å²) in [7, 11) is -7.67. The molecule has 9 nitrogen and oxygen atoms in total. The summed E-state index contributed by atoms with van der Waals surface area (Å²) in [6.45, 7) is 0.892. The smallest absolute Gasteiger partial charge is 0.267 e. The van der Waals surface area contributed by atoms with Crippen LogP contribution in [-0.4, -0.2) is 50.9 Å². The van der Waals surface area contributed by atoms with E-state index < -0.39 is 20.0 Å². The molecule has 1 saturated heterocycles. The summed E-state index contributed by atoms with van der Waals surface area (Å²) in [5.41, 5.74) is 1.68. The molecule has 0 spiro atoms. The van der Waals surface area contributed by atoms with E-state index in [0.717, 1.165) is 23.7 Å². The van der Waals surface area contributed by atoms with Crippen LogP contribution in [0.2, 0.25) is 0 Å². The highest BCUT2D eigenvalue weighted by Crippen LogP contribution is 2.42. The first kappa shape index (κ1) is 25.2. The third-order valence-electron chi connectivity index (χ3n) is 6.78. The van der Waals surface area contributed by atoms with E-state index in [4.69, 9.17) is 4.98 Å². The third kappa shape index (κ3) is 4.35. The number of hydrogen-bond donors (Lipinski definition) is 0. The van der Waals surface area contributed by atoms with Gasteiger partial charge in [0.1, 0.15) is 6.67 Å². The van der Waals surface area contributed by atoms with E-state index in [-0.39, 0.29) is 22.3 Å². The van der Waals surface area contributed by atoms with Gasteiger partial charge in [0, 0.05) is 23.2 Å². The van der Waals surface area contributed by atoms with Gasteiger partial charge in [0.2, 0.25) is 10.0 Å². The van der Waals surface area contributed by atoms with Crippen LogP contribution in [0.15, 0.2) is 87.1 Å². The maximum absolute atomic E-state index is 13.8. The maximum Gasteiger partial charge on any atom is 0.267 e. The Morgan fingerprint density at radius 3 is 2.03 bits per heavy atom. The number of anilines is 3. The molecule has 3 heterocycles. The molecule has 3 aromatic carbocycles. The molecule has 12 heteroatoms. The van der Waals surface area contributed by atoms with E-state index in [1.165, 1.54) is 20.7 Å². The lowest BCUT2D eigenvalue weighted by atomic mass is 10.2. The van der Waals surface area contributed by atoms with Crippen molar-refractivity contribution in [2.75, 3.05) is 29.0 Å². The molecular formula is C26H24BrN5O4S2. The van der Waals surface area contributed by atoms with Gasteiger partial charge >= 0.3 is 0 Å². The van der Waals surface area contributed by atoms with E-state index in [1.54, 1.807) is 47.4 Å². The number of sulfonamides is 2. The standard InChI is InChI=1S/C26H24BrN5O4S2/c27-19-11-13-21(14-12-19)38(35,36)32-18-31(25-26(32)29-24-10-3-2-9-23(24)28-25)20-7-6-8-22(17-20)37(33,34)30-15-4-1-5-16-30/h2-3,6-14,17H,1,4-5,15-16,18H2. The van der Waals surface area contributed by atoms with Crippen molar-refractivity contribution in [2.24, 2.45) is 0 Å². The number of fused-ring (bicyclic) bond motifs is 2. The minimum absolute atomic E-state index is 0.0999. The van der Waals surface area contributed by atoms with Gasteiger partial charge in [-0.3, -0.25) is 0 Å². The summed E-state index contributed by atoms with van der Waals surface area (Å²) in [5, 5.41) is 0. The van der Waals surface area contributed by atoms with Gasteiger partial charge < -0.3 is 4.90 Å². The van der Waals surface area contributed by atoms with Crippen molar-refractivity contribution in [3.8, 4) is 0 Å². The molecule has 0 atom stereocenters. The van der Waals surface area contributed by atoms with Crippen LogP contribution in [0.25, 0.3) is 11.0 Å². The summed E-state index contributed by atoms with van der Waals surface area (Å²) in [5.74, 6) is 0.535. The third-order valence-corrected chi connectivity index (χ3v) is 10.9. The molecule has 0 saturated carbocycles. The topological polar surface area (TPSA) is 104 Å². The SMILES string of the molecule is O=S(=O)(c1cccc(N2CN(S(=O)(=O)c3ccc(Br)cc3)c3nc4ccccc4nc32)c1)N1CCCCC1. The van der Waals surface area contributed by atoms with Crippen LogP contribution in [0, 0.1) is 0 Å². The van der Waals surface area contributed by atoms with E-state index in [9.17, 15) is 16.8 Å². The molecule has 0 radical (unpaired) electrons. The summed E-state index contributed by atoms with van der Waals surface area (Å²) >= 11 is 3.35. The molecule has 6 rings (SSSR count). The van der Waals surface area contributed by atoms with Gasteiger partial charge in [-0.15, -0.1) is 0 Å². The average molecular weight is 615 g/mol. The summed E-state index contributed by atoms with van der Waals surface area (Å²) in [4.78, 5) is 11.4. The number of rotatable bonds is 5. The predicted molar refractivity (Wildman–Crippen MR) is 149 cm³/mol. The van der Waals surface area contributed by atoms with Gasteiger partial charge in [-0.05, 0) is 67.4 Å². The number of nitrogens with zero attached hydrogens (tertiary/aromatic N) is 5. The number of benzene rings is 3. The van der Waals surface area contributed by atoms with Gasteiger partial charge in [0.15, 0.2) is 11.6 Å². The molecule has 0 unspecified atom stereocenters. The number of halogens is 1. The second-order valence-electron chi connectivity index (χ2n) is 9.20. The van der Waals surface area contributed by atoms with Gasteiger partial charge in [0.25, 0.3) is 10.0 Å². The Hall–Kier alpha value is -3.06. The quantitative estimate of drug-likeness (QED) is 0.316. The van der Waals surface area contributed by atoms with Crippen molar-refractivity contribution in [1.29, 1.82) is 0 Å². The largest absolute Gasteiger partial charge is 0.304 e. The fourth-order valence-electron chi connectivity index (χ4n) is 4.79. The molecule has 0 aliphatic carbocycles. The molecule has 2 aliphatic heterocycles. The highest BCUT2D eigenvalue weighted by molar-refractivity contribution is 9.10. The van der Waals surface area contributed by atoms with E-state index in [2.05, 4.69) is 20.9 Å². The fraction of sp³-hybridized carbons (Fsp3) is 0.231. The molecule has 0 N–H and O–H groups in total. The van der Waals surface area contributed by atoms with Crippen LogP contribution in [0.4, 0.5) is 17.3 Å². The normalized spacial score (nSPS) is 16.7. The number of piperidine rings is 1. The molecule has 1 fully saturated rings. The van der Waals surface area contributed by atoms with E-state index in [1.807, 2.05) is 18.2 Å². The first-order chi connectivity index (χ1) is 18.2. The Labute approximate surface area is 230 Å². The number of para-hydroxylation sites is 2. The van der Waals surface area contributed by atoms with Gasteiger partial charge in [0.05, 0.1) is 20.8 Å². The maximum atomic E-state index is 13.8. The van der Waals surface area contributed by atoms with Crippen molar-refractivity contribution in [1.82, 2.24) is 14.3 Å². The average Bonchev–Trinajstić information content (AvgIpc) is 3.32. The monoisotopic (exact) mass is 613 g/mol. The molecule has 4 aromatic rings. The van der Waals surface area contributed by atoms with Gasteiger partial charge in [-0.1, -0.05) is 40.5 Å². The Kier molecular flexibility index (Phi) is 6.37. The highest BCUT2D eigenvalue weighted by atomic mass is 79.9. The molecular weight excluding hydrogens is 590 g/mol. The lowest BCUT2D eigenvalue weighted by molar-refractivity contribution is 0.346. The van der Waals surface area contributed by atoms with Crippen molar-refractivity contribution >= 4 is 64.3 Å². The second-order valence-corrected chi connectivity index (χ2v) is 13.9. The van der Waals surface area contributed by atoms with Crippen molar-refractivity contribution < 1.29 is 16.8 Å². The van der Waals surface area contributed by atoms with Crippen LogP contribution >= 0.6 is 15.9 Å². The summed E-state index contributed by atoms with van der Waals surface area (Å²) < 4.78 is 57.8. The second kappa shape index (κ2) is 9.60. The van der Waals surface area contributed by atoms with Crippen LogP contribution < -0.4 is 9.21 Å². The Bertz CT molecular complexity index is 1740. The first-order valence-corrected chi connectivity index (χ1v) is 15.9. The zero-order valence-electron chi connectivity index (χ0n) is 20.2. The minimum atomic E-state index is -3.99. The van der Waals surface area contributed by atoms with Crippen LogP contribution in [-0.2, 0) is 20.0 Å². The predicted octanol–water partition coefficient (Wildman–Crippen LogP) is 4.87. The van der Waals surface area contributed by atoms with Crippen LogP contribution in [0.3, 0.4) is 0 Å². The van der Waals surface area contributed by atoms with Crippen LogP contribution in [0.1, 0.15) is 19.3 Å². The van der Waals surface area contributed by atoms with E-state index in [0.29, 0.717) is 35.6 Å². The number of hydrogen-bond acceptors (Lipinski definition) is 7. The lowest BCUT2D eigenvalue weighted by Crippen LogP contribution is -2.36. The first-order valence-electron chi connectivity index (χ1n) is 12.2. The molecule has 0 amide bonds. The van der Waals surface area contributed by atoms with Gasteiger partial charge in [-0.2, -0.15) is 4.31 Å². The molecule has 38 heavy (non-hydrogen) atoms.